The van der Waals surface area contributed by atoms with Crippen molar-refractivity contribution in [1.82, 2.24) is 4.90 Å². The number of aryl methyl sites for hydroxylation is 1. The molecule has 0 bridgehead atoms. The van der Waals surface area contributed by atoms with E-state index < -0.39 is 5.41 Å². The van der Waals surface area contributed by atoms with E-state index in [0.29, 0.717) is 30.6 Å². The van der Waals surface area contributed by atoms with E-state index in [-0.39, 0.29) is 17.7 Å². The molecule has 1 aromatic carbocycles. The average molecular weight is 355 g/mol. The van der Waals surface area contributed by atoms with E-state index in [0.717, 1.165) is 38.5 Å². The molecule has 4 heteroatoms. The van der Waals surface area contributed by atoms with Crippen LogP contribution in [0, 0.1) is 17.3 Å². The molecule has 26 heavy (non-hydrogen) atoms. The van der Waals surface area contributed by atoms with Gasteiger partial charge in [-0.3, -0.25) is 14.5 Å². The van der Waals surface area contributed by atoms with Crippen LogP contribution in [0.4, 0.5) is 0 Å². The number of hydrogen-bond donors (Lipinski definition) is 1. The number of carbonyl (C=O) groups is 2. The monoisotopic (exact) mass is 355 g/mol. The third-order valence-corrected chi connectivity index (χ3v) is 7.26. The predicted molar refractivity (Wildman–Crippen MR) is 99.7 cm³/mol. The smallest absolute Gasteiger partial charge is 0.235 e. The standard InChI is InChI=1S/C22H29NO3/c1-3-4-11-23-20(25)13-19-18-7-5-14-12-15(24)6-8-16(14)17(18)9-10-22(19,2)21(23)26/h6,8,12,17-19,24H,3-5,7,9-11,13H2,1-2H3. The number of fused-ring (bicyclic) bond motifs is 5. The highest BCUT2D eigenvalue weighted by molar-refractivity contribution is 6.01. The molecular weight excluding hydrogens is 326 g/mol. The van der Waals surface area contributed by atoms with Gasteiger partial charge in [-0.25, -0.2) is 0 Å². The van der Waals surface area contributed by atoms with Gasteiger partial charge in [-0.15, -0.1) is 0 Å². The van der Waals surface area contributed by atoms with Crippen molar-refractivity contribution in [3.05, 3.63) is 29.3 Å². The molecular formula is C22H29NO3. The molecule has 0 aromatic heterocycles. The first-order valence-electron chi connectivity index (χ1n) is 10.1. The fourth-order valence-corrected chi connectivity index (χ4v) is 5.79. The molecule has 4 rings (SSSR count). The maximum absolute atomic E-state index is 13.2. The summed E-state index contributed by atoms with van der Waals surface area (Å²) in [5.74, 6) is 1.40. The summed E-state index contributed by atoms with van der Waals surface area (Å²) in [6.45, 7) is 4.77. The lowest BCUT2D eigenvalue weighted by atomic mass is 9.52. The van der Waals surface area contributed by atoms with Crippen molar-refractivity contribution in [2.45, 2.75) is 64.7 Å². The largest absolute Gasteiger partial charge is 0.508 e. The van der Waals surface area contributed by atoms with Crippen LogP contribution in [0.3, 0.4) is 0 Å². The predicted octanol–water partition coefficient (Wildman–Crippen LogP) is 4.01. The number of aromatic hydroxyl groups is 1. The van der Waals surface area contributed by atoms with Crippen LogP contribution in [0.5, 0.6) is 5.75 Å². The number of nitrogens with zero attached hydrogens (tertiary/aromatic N) is 1. The Hall–Kier alpha value is -1.84. The van der Waals surface area contributed by atoms with Crippen molar-refractivity contribution in [2.24, 2.45) is 17.3 Å². The first-order valence-corrected chi connectivity index (χ1v) is 10.1. The van der Waals surface area contributed by atoms with E-state index >= 15 is 0 Å². The average Bonchev–Trinajstić information content (AvgIpc) is 2.62. The van der Waals surface area contributed by atoms with Gasteiger partial charge >= 0.3 is 0 Å². The molecule has 4 atom stereocenters. The van der Waals surface area contributed by atoms with Crippen LogP contribution in [-0.2, 0) is 16.0 Å². The fourth-order valence-electron chi connectivity index (χ4n) is 5.79. The molecule has 2 amide bonds. The minimum absolute atomic E-state index is 0.0306. The van der Waals surface area contributed by atoms with E-state index in [9.17, 15) is 14.7 Å². The van der Waals surface area contributed by atoms with Gasteiger partial charge in [0.15, 0.2) is 0 Å². The van der Waals surface area contributed by atoms with Crippen LogP contribution >= 0.6 is 0 Å². The summed E-state index contributed by atoms with van der Waals surface area (Å²) >= 11 is 0. The van der Waals surface area contributed by atoms with Crippen LogP contribution in [0.25, 0.3) is 0 Å². The molecule has 2 fully saturated rings. The molecule has 1 saturated heterocycles. The van der Waals surface area contributed by atoms with E-state index in [2.05, 4.69) is 19.9 Å². The summed E-state index contributed by atoms with van der Waals surface area (Å²) in [5, 5.41) is 9.79. The molecule has 1 heterocycles. The number of phenolic OH excluding ortho intramolecular Hbond substituents is 1. The number of rotatable bonds is 3. The zero-order valence-electron chi connectivity index (χ0n) is 15.8. The quantitative estimate of drug-likeness (QED) is 0.833. The number of likely N-dealkylation sites (tertiary alicyclic amines) is 1. The lowest BCUT2D eigenvalue weighted by molar-refractivity contribution is -0.167. The molecule has 1 saturated carbocycles. The van der Waals surface area contributed by atoms with Crippen molar-refractivity contribution in [3.63, 3.8) is 0 Å². The summed E-state index contributed by atoms with van der Waals surface area (Å²) < 4.78 is 0. The van der Waals surface area contributed by atoms with E-state index in [1.54, 1.807) is 11.0 Å². The van der Waals surface area contributed by atoms with Gasteiger partial charge in [0.2, 0.25) is 11.8 Å². The summed E-state index contributed by atoms with van der Waals surface area (Å²) in [6, 6.07) is 5.73. The number of benzene rings is 1. The normalized spacial score (nSPS) is 33.5. The van der Waals surface area contributed by atoms with Gasteiger partial charge in [0, 0.05) is 13.0 Å². The molecule has 1 aliphatic heterocycles. The Balaban J connectivity index is 1.64. The third kappa shape index (κ3) is 2.57. The van der Waals surface area contributed by atoms with E-state index in [1.165, 1.54) is 11.1 Å². The number of phenols is 1. The third-order valence-electron chi connectivity index (χ3n) is 7.26. The molecule has 1 aromatic rings. The molecule has 3 aliphatic rings. The Morgan fingerprint density at radius 1 is 1.27 bits per heavy atom. The molecule has 0 spiro atoms. The first-order chi connectivity index (χ1) is 12.5. The maximum Gasteiger partial charge on any atom is 0.235 e. The van der Waals surface area contributed by atoms with Gasteiger partial charge in [-0.05, 0) is 73.1 Å². The molecule has 4 nitrogen and oxygen atoms in total. The van der Waals surface area contributed by atoms with Crippen molar-refractivity contribution >= 4 is 11.8 Å². The van der Waals surface area contributed by atoms with Crippen molar-refractivity contribution in [1.29, 1.82) is 0 Å². The number of piperidine rings is 1. The molecule has 1 N–H and O–H groups in total. The van der Waals surface area contributed by atoms with Crippen LogP contribution in [-0.4, -0.2) is 28.4 Å². The van der Waals surface area contributed by atoms with Gasteiger partial charge in [-0.2, -0.15) is 0 Å². The van der Waals surface area contributed by atoms with Gasteiger partial charge < -0.3 is 5.11 Å². The highest BCUT2D eigenvalue weighted by atomic mass is 16.3. The van der Waals surface area contributed by atoms with Crippen LogP contribution in [0.2, 0.25) is 0 Å². The second-order valence-corrected chi connectivity index (χ2v) is 8.66. The summed E-state index contributed by atoms with van der Waals surface area (Å²) in [6.07, 6.45) is 6.19. The number of carbonyl (C=O) groups excluding carboxylic acids is 2. The second kappa shape index (κ2) is 6.40. The zero-order chi connectivity index (χ0) is 18.5. The Morgan fingerprint density at radius 3 is 2.85 bits per heavy atom. The number of imide groups is 1. The number of hydrogen-bond acceptors (Lipinski definition) is 3. The van der Waals surface area contributed by atoms with Crippen LogP contribution in [0.1, 0.15) is 69.4 Å². The zero-order valence-corrected chi connectivity index (χ0v) is 15.8. The SMILES string of the molecule is CCCCN1C(=O)CC2C3CCc4cc(O)ccc4C3CCC2(C)C1=O. The minimum Gasteiger partial charge on any atom is -0.508 e. The van der Waals surface area contributed by atoms with Crippen LogP contribution in [0.15, 0.2) is 18.2 Å². The minimum atomic E-state index is -0.392. The summed E-state index contributed by atoms with van der Waals surface area (Å²) in [4.78, 5) is 27.5. The molecule has 140 valence electrons. The lowest BCUT2D eigenvalue weighted by Crippen LogP contribution is -2.59. The Bertz CT molecular complexity index is 743. The fraction of sp³-hybridized carbons (Fsp3) is 0.636. The van der Waals surface area contributed by atoms with Crippen molar-refractivity contribution in [3.8, 4) is 5.75 Å². The van der Waals surface area contributed by atoms with E-state index in [4.69, 9.17) is 0 Å². The number of amides is 2. The van der Waals surface area contributed by atoms with Gasteiger partial charge in [0.25, 0.3) is 0 Å². The van der Waals surface area contributed by atoms with Crippen LogP contribution < -0.4 is 0 Å². The van der Waals surface area contributed by atoms with Gasteiger partial charge in [0.1, 0.15) is 5.75 Å². The second-order valence-electron chi connectivity index (χ2n) is 8.66. The first kappa shape index (κ1) is 17.6. The summed E-state index contributed by atoms with van der Waals surface area (Å²) in [7, 11) is 0. The van der Waals surface area contributed by atoms with E-state index in [1.807, 2.05) is 6.07 Å². The Morgan fingerprint density at radius 2 is 2.08 bits per heavy atom. The van der Waals surface area contributed by atoms with Crippen molar-refractivity contribution < 1.29 is 14.7 Å². The highest BCUT2D eigenvalue weighted by Crippen LogP contribution is 2.58. The van der Waals surface area contributed by atoms with Gasteiger partial charge in [0.05, 0.1) is 5.41 Å². The summed E-state index contributed by atoms with van der Waals surface area (Å²) in [5.41, 5.74) is 2.18. The topological polar surface area (TPSA) is 57.6 Å². The maximum atomic E-state index is 13.2. The Kier molecular flexibility index (Phi) is 4.32. The highest BCUT2D eigenvalue weighted by Gasteiger charge is 2.57. The molecule has 4 unspecified atom stereocenters. The van der Waals surface area contributed by atoms with Gasteiger partial charge in [-0.1, -0.05) is 26.3 Å². The molecule has 2 aliphatic carbocycles. The lowest BCUT2D eigenvalue weighted by Gasteiger charge is -2.54. The number of unbranched alkanes of at least 4 members (excludes halogenated alkanes) is 1. The van der Waals surface area contributed by atoms with Crippen molar-refractivity contribution in [2.75, 3.05) is 6.54 Å². The molecule has 0 radical (unpaired) electrons. The Labute approximate surface area is 155 Å².